The number of nitrogens with zero attached hydrogens (tertiary/aromatic N) is 1. The molecule has 0 N–H and O–H groups in total. The van der Waals surface area contributed by atoms with Crippen molar-refractivity contribution in [1.82, 2.24) is 4.90 Å². The fourth-order valence-corrected chi connectivity index (χ4v) is 6.51. The van der Waals surface area contributed by atoms with Gasteiger partial charge in [-0.25, -0.2) is 0 Å². The average Bonchev–Trinajstić information content (AvgIpc) is 3.72. The molecule has 0 radical (unpaired) electrons. The Kier molecular flexibility index (Phi) is 7.38. The summed E-state index contributed by atoms with van der Waals surface area (Å²) in [6.45, 7) is 3.93. The Balaban J connectivity index is 1.33. The van der Waals surface area contributed by atoms with Crippen LogP contribution >= 0.6 is 0 Å². The molecule has 2 heterocycles. The first-order valence-electron chi connectivity index (χ1n) is 13.7. The van der Waals surface area contributed by atoms with E-state index >= 15 is 0 Å². The lowest BCUT2D eigenvalue weighted by atomic mass is 9.80. The maximum Gasteiger partial charge on any atom is 0.416 e. The van der Waals surface area contributed by atoms with Crippen LogP contribution in [-0.2, 0) is 23.6 Å². The Morgan fingerprint density at radius 3 is 2.23 bits per heavy atom. The van der Waals surface area contributed by atoms with Gasteiger partial charge >= 0.3 is 12.4 Å². The summed E-state index contributed by atoms with van der Waals surface area (Å²) >= 11 is 0. The SMILES string of the molecule is C[C@H](C(=O)[O-])[C@H](c1ccc2c(c1)OC1(CC2)CCN([C@@H](C)c2cc(C(F)(F)F)ccc2C(F)(F)F)CC1)C1CC1. The summed E-state index contributed by atoms with van der Waals surface area (Å²) in [7, 11) is 0. The summed E-state index contributed by atoms with van der Waals surface area (Å²) in [5.41, 5.74) is -1.13. The molecule has 5 rings (SSSR count). The third-order valence-corrected chi connectivity index (χ3v) is 9.08. The molecule has 2 aliphatic heterocycles. The predicted molar refractivity (Wildman–Crippen MR) is 133 cm³/mol. The molecule has 0 bridgehead atoms. The molecule has 3 aliphatic rings. The van der Waals surface area contributed by atoms with Crippen LogP contribution in [0.25, 0.3) is 0 Å². The first-order chi connectivity index (χ1) is 18.7. The number of alkyl halides is 6. The quantitative estimate of drug-likeness (QED) is 0.372. The Labute approximate surface area is 229 Å². The van der Waals surface area contributed by atoms with Crippen molar-refractivity contribution in [2.45, 2.75) is 82.3 Å². The second-order valence-electron chi connectivity index (χ2n) is 11.6. The topological polar surface area (TPSA) is 52.6 Å². The molecule has 4 nitrogen and oxygen atoms in total. The van der Waals surface area contributed by atoms with E-state index in [0.29, 0.717) is 55.8 Å². The maximum atomic E-state index is 13.7. The number of carbonyl (C=O) groups is 1. The Hall–Kier alpha value is -2.75. The van der Waals surface area contributed by atoms with Gasteiger partial charge in [-0.2, -0.15) is 26.3 Å². The fourth-order valence-electron chi connectivity index (χ4n) is 6.51. The highest BCUT2D eigenvalue weighted by Gasteiger charge is 2.44. The fraction of sp³-hybridized carbons (Fsp3) is 0.567. The van der Waals surface area contributed by atoms with E-state index in [9.17, 15) is 36.2 Å². The van der Waals surface area contributed by atoms with Crippen LogP contribution in [0, 0.1) is 11.8 Å². The lowest BCUT2D eigenvalue weighted by molar-refractivity contribution is -0.311. The first kappa shape index (κ1) is 28.8. The van der Waals surface area contributed by atoms with E-state index < -0.39 is 47.0 Å². The van der Waals surface area contributed by atoms with Gasteiger partial charge in [0.15, 0.2) is 0 Å². The minimum atomic E-state index is -4.77. The van der Waals surface area contributed by atoms with Gasteiger partial charge in [-0.05, 0) is 98.2 Å². The van der Waals surface area contributed by atoms with E-state index in [-0.39, 0.29) is 11.5 Å². The zero-order valence-electron chi connectivity index (χ0n) is 22.4. The number of hydrogen-bond acceptors (Lipinski definition) is 4. The Bertz CT molecular complexity index is 1260. The third kappa shape index (κ3) is 5.69. The molecule has 0 aromatic heterocycles. The summed E-state index contributed by atoms with van der Waals surface area (Å²) in [5, 5.41) is 11.6. The number of aliphatic carboxylic acids is 1. The number of aryl methyl sites for hydroxylation is 1. The third-order valence-electron chi connectivity index (χ3n) is 9.08. The van der Waals surface area contributed by atoms with Crippen molar-refractivity contribution in [2.75, 3.05) is 13.1 Å². The number of carboxylic acids is 1. The first-order valence-corrected chi connectivity index (χ1v) is 13.7. The van der Waals surface area contributed by atoms with E-state index in [1.807, 2.05) is 18.2 Å². The van der Waals surface area contributed by atoms with Crippen molar-refractivity contribution in [3.8, 4) is 5.75 Å². The van der Waals surface area contributed by atoms with Crippen molar-refractivity contribution in [1.29, 1.82) is 0 Å². The zero-order chi connectivity index (χ0) is 29.0. The van der Waals surface area contributed by atoms with Crippen LogP contribution in [0.4, 0.5) is 26.3 Å². The standard InChI is InChI=1S/C30H33F6NO3/c1-17(27(38)39)26(20-4-5-20)21-6-3-19-9-10-28(40-25(19)15-21)11-13-37(14-12-28)18(2)23-16-22(29(31,32)33)7-8-24(23)30(34,35)36/h3,6-8,15-18,20,26H,4-5,9-14H2,1-2H3,(H,38,39)/p-1/t17-,18-,26-/m0/s1. The number of carbonyl (C=O) groups excluding carboxylic acids is 1. The van der Waals surface area contributed by atoms with Crippen molar-refractivity contribution in [2.24, 2.45) is 11.8 Å². The van der Waals surface area contributed by atoms with Gasteiger partial charge in [-0.3, -0.25) is 4.90 Å². The molecule has 0 unspecified atom stereocenters. The highest BCUT2D eigenvalue weighted by atomic mass is 19.4. The number of fused-ring (bicyclic) bond motifs is 1. The van der Waals surface area contributed by atoms with Gasteiger partial charge in [-0.1, -0.05) is 19.1 Å². The normalized spacial score (nSPS) is 21.8. The molecule has 218 valence electrons. The number of carboxylic acid groups (broad SMARTS) is 1. The van der Waals surface area contributed by atoms with Crippen LogP contribution in [0.1, 0.15) is 85.7 Å². The lowest BCUT2D eigenvalue weighted by Crippen LogP contribution is -2.50. The minimum Gasteiger partial charge on any atom is -0.550 e. The molecule has 3 atom stereocenters. The van der Waals surface area contributed by atoms with Crippen LogP contribution in [0.2, 0.25) is 0 Å². The largest absolute Gasteiger partial charge is 0.550 e. The van der Waals surface area contributed by atoms with E-state index in [1.54, 1.807) is 11.8 Å². The average molecular weight is 569 g/mol. The van der Waals surface area contributed by atoms with Gasteiger partial charge in [0.2, 0.25) is 0 Å². The summed E-state index contributed by atoms with van der Waals surface area (Å²) in [6.07, 6.45) is -5.07. The molecule has 1 saturated carbocycles. The van der Waals surface area contributed by atoms with Crippen molar-refractivity contribution >= 4 is 5.97 Å². The van der Waals surface area contributed by atoms with Crippen molar-refractivity contribution < 1.29 is 41.0 Å². The monoisotopic (exact) mass is 568 g/mol. The van der Waals surface area contributed by atoms with Gasteiger partial charge in [0.1, 0.15) is 11.4 Å². The van der Waals surface area contributed by atoms with E-state index in [4.69, 9.17) is 4.74 Å². The van der Waals surface area contributed by atoms with Crippen LogP contribution in [-0.4, -0.2) is 29.6 Å². The summed E-state index contributed by atoms with van der Waals surface area (Å²) < 4.78 is 87.7. The Morgan fingerprint density at radius 1 is 0.975 bits per heavy atom. The molecule has 1 aliphatic carbocycles. The number of halogens is 6. The molecule has 10 heteroatoms. The van der Waals surface area contributed by atoms with Crippen LogP contribution < -0.4 is 9.84 Å². The highest BCUT2D eigenvalue weighted by molar-refractivity contribution is 5.69. The number of rotatable bonds is 6. The van der Waals surface area contributed by atoms with Crippen LogP contribution in [0.15, 0.2) is 36.4 Å². The second kappa shape index (κ2) is 10.3. The highest BCUT2D eigenvalue weighted by Crippen LogP contribution is 2.49. The maximum absolute atomic E-state index is 13.7. The minimum absolute atomic E-state index is 0.158. The summed E-state index contributed by atoms with van der Waals surface area (Å²) in [5.74, 6) is -0.868. The number of ether oxygens (including phenoxy) is 1. The lowest BCUT2D eigenvalue weighted by Gasteiger charge is -2.46. The molecular weight excluding hydrogens is 536 g/mol. The van der Waals surface area contributed by atoms with Crippen molar-refractivity contribution in [3.05, 3.63) is 64.2 Å². The predicted octanol–water partition coefficient (Wildman–Crippen LogP) is 6.52. The molecule has 0 amide bonds. The molecule has 40 heavy (non-hydrogen) atoms. The van der Waals surface area contributed by atoms with E-state index in [1.165, 1.54) is 6.92 Å². The van der Waals surface area contributed by atoms with E-state index in [2.05, 4.69) is 0 Å². The molecule has 1 spiro atoms. The van der Waals surface area contributed by atoms with Gasteiger partial charge in [-0.15, -0.1) is 0 Å². The van der Waals surface area contributed by atoms with Crippen molar-refractivity contribution in [3.63, 3.8) is 0 Å². The van der Waals surface area contributed by atoms with Crippen LogP contribution in [0.3, 0.4) is 0 Å². The number of piperidine rings is 1. The molecule has 2 fully saturated rings. The molecule has 1 saturated heterocycles. The zero-order valence-corrected chi connectivity index (χ0v) is 22.4. The number of hydrogen-bond donors (Lipinski definition) is 0. The van der Waals surface area contributed by atoms with Crippen LogP contribution in [0.5, 0.6) is 5.75 Å². The number of likely N-dealkylation sites (tertiary alicyclic amines) is 1. The second-order valence-corrected chi connectivity index (χ2v) is 11.6. The summed E-state index contributed by atoms with van der Waals surface area (Å²) in [6, 6.07) is 6.65. The van der Waals surface area contributed by atoms with Gasteiger partial charge in [0.25, 0.3) is 0 Å². The van der Waals surface area contributed by atoms with Gasteiger partial charge in [0, 0.05) is 31.0 Å². The Morgan fingerprint density at radius 2 is 1.65 bits per heavy atom. The van der Waals surface area contributed by atoms with Gasteiger partial charge in [0.05, 0.1) is 11.1 Å². The molecule has 2 aromatic rings. The molecule has 2 aromatic carbocycles. The summed E-state index contributed by atoms with van der Waals surface area (Å²) in [4.78, 5) is 13.4. The smallest absolute Gasteiger partial charge is 0.416 e. The number of benzene rings is 2. The molecular formula is C30H32F6NO3-. The van der Waals surface area contributed by atoms with Gasteiger partial charge < -0.3 is 14.6 Å². The van der Waals surface area contributed by atoms with E-state index in [0.717, 1.165) is 36.8 Å².